The monoisotopic (exact) mass is 270 g/mol. The van der Waals surface area contributed by atoms with Crippen molar-refractivity contribution >= 4 is 5.82 Å². The highest BCUT2D eigenvalue weighted by atomic mass is 19.2. The van der Waals surface area contributed by atoms with Crippen molar-refractivity contribution in [1.82, 2.24) is 4.98 Å². The number of hydrogen-bond acceptors (Lipinski definition) is 2. The van der Waals surface area contributed by atoms with Gasteiger partial charge in [0.15, 0.2) is 17.5 Å². The van der Waals surface area contributed by atoms with E-state index in [0.29, 0.717) is 24.6 Å². The summed E-state index contributed by atoms with van der Waals surface area (Å²) in [6.07, 6.45) is 7.03. The van der Waals surface area contributed by atoms with Crippen molar-refractivity contribution in [3.8, 4) is 0 Å². The number of anilines is 1. The van der Waals surface area contributed by atoms with Gasteiger partial charge in [-0.1, -0.05) is 12.8 Å². The molecule has 0 amide bonds. The van der Waals surface area contributed by atoms with E-state index in [2.05, 4.69) is 4.98 Å². The van der Waals surface area contributed by atoms with E-state index in [0.717, 1.165) is 12.8 Å². The lowest BCUT2D eigenvalue weighted by molar-refractivity contribution is 0.225. The first-order chi connectivity index (χ1) is 9.10. The summed E-state index contributed by atoms with van der Waals surface area (Å²) >= 11 is 0. The van der Waals surface area contributed by atoms with Gasteiger partial charge in [-0.05, 0) is 31.1 Å². The summed E-state index contributed by atoms with van der Waals surface area (Å²) in [7, 11) is 0. The number of rotatable bonds is 1. The van der Waals surface area contributed by atoms with Gasteiger partial charge in [-0.2, -0.15) is 9.37 Å². The van der Waals surface area contributed by atoms with E-state index < -0.39 is 17.6 Å². The molecule has 1 aliphatic carbocycles. The normalized spacial score (nSPS) is 22.2. The second-order valence-electron chi connectivity index (χ2n) is 5.76. The van der Waals surface area contributed by atoms with E-state index in [9.17, 15) is 13.2 Å². The molecule has 1 spiro atoms. The van der Waals surface area contributed by atoms with Crippen LogP contribution in [-0.4, -0.2) is 18.1 Å². The molecule has 1 saturated heterocycles. The molecular formula is C14H17F3N2. The van der Waals surface area contributed by atoms with Gasteiger partial charge in [0, 0.05) is 19.2 Å². The molecule has 5 heteroatoms. The SMILES string of the molecule is Fc1cc(F)c(N2CCC3(CCCC3)CC2)nc1F. The third-order valence-electron chi connectivity index (χ3n) is 4.66. The summed E-state index contributed by atoms with van der Waals surface area (Å²) < 4.78 is 39.7. The average molecular weight is 270 g/mol. The molecule has 0 unspecified atom stereocenters. The fourth-order valence-corrected chi connectivity index (χ4v) is 3.47. The topological polar surface area (TPSA) is 16.1 Å². The number of piperidine rings is 1. The molecular weight excluding hydrogens is 253 g/mol. The fourth-order valence-electron chi connectivity index (χ4n) is 3.47. The molecule has 0 bridgehead atoms. The van der Waals surface area contributed by atoms with E-state index in [1.807, 2.05) is 0 Å². The van der Waals surface area contributed by atoms with Crippen LogP contribution in [0.1, 0.15) is 38.5 Å². The summed E-state index contributed by atoms with van der Waals surface area (Å²) in [5, 5.41) is 0. The van der Waals surface area contributed by atoms with Crippen molar-refractivity contribution in [3.63, 3.8) is 0 Å². The maximum atomic E-state index is 13.7. The minimum absolute atomic E-state index is 0.0493. The molecule has 2 heterocycles. The van der Waals surface area contributed by atoms with Crippen LogP contribution in [-0.2, 0) is 0 Å². The zero-order chi connectivity index (χ0) is 13.5. The number of aromatic nitrogens is 1. The Bertz CT molecular complexity index is 474. The highest BCUT2D eigenvalue weighted by Gasteiger charge is 2.37. The van der Waals surface area contributed by atoms with Gasteiger partial charge in [0.1, 0.15) is 0 Å². The Balaban J connectivity index is 1.76. The molecule has 1 aliphatic heterocycles. The Kier molecular flexibility index (Phi) is 3.15. The first-order valence-corrected chi connectivity index (χ1v) is 6.86. The molecule has 1 aromatic rings. The molecule has 3 rings (SSSR count). The lowest BCUT2D eigenvalue weighted by atomic mass is 9.77. The molecule has 0 radical (unpaired) electrons. The molecule has 104 valence electrons. The Morgan fingerprint density at radius 1 is 0.947 bits per heavy atom. The molecule has 1 saturated carbocycles. The Morgan fingerprint density at radius 3 is 2.21 bits per heavy atom. The maximum absolute atomic E-state index is 13.7. The summed E-state index contributed by atoms with van der Waals surface area (Å²) in [6, 6.07) is 0.581. The lowest BCUT2D eigenvalue weighted by Crippen LogP contribution is -2.39. The van der Waals surface area contributed by atoms with E-state index in [1.165, 1.54) is 25.7 Å². The summed E-state index contributed by atoms with van der Waals surface area (Å²) in [4.78, 5) is 5.16. The quantitative estimate of drug-likeness (QED) is 0.724. The van der Waals surface area contributed by atoms with Crippen molar-refractivity contribution in [2.45, 2.75) is 38.5 Å². The van der Waals surface area contributed by atoms with E-state index in [1.54, 1.807) is 4.90 Å². The van der Waals surface area contributed by atoms with Gasteiger partial charge in [0.25, 0.3) is 5.95 Å². The number of nitrogens with zero attached hydrogens (tertiary/aromatic N) is 2. The minimum atomic E-state index is -1.23. The molecule has 0 aromatic carbocycles. The van der Waals surface area contributed by atoms with Gasteiger partial charge in [-0.15, -0.1) is 0 Å². The molecule has 0 N–H and O–H groups in total. The molecule has 19 heavy (non-hydrogen) atoms. The summed E-state index contributed by atoms with van der Waals surface area (Å²) in [5.41, 5.74) is 0.408. The van der Waals surface area contributed by atoms with Crippen LogP contribution in [0, 0.1) is 23.0 Å². The van der Waals surface area contributed by atoms with Gasteiger partial charge in [0.2, 0.25) is 0 Å². The minimum Gasteiger partial charge on any atom is -0.354 e. The Hall–Kier alpha value is -1.26. The van der Waals surface area contributed by atoms with Crippen LogP contribution in [0.4, 0.5) is 19.0 Å². The van der Waals surface area contributed by atoms with Crippen LogP contribution in [0.5, 0.6) is 0 Å². The maximum Gasteiger partial charge on any atom is 0.251 e. The van der Waals surface area contributed by atoms with Crippen LogP contribution in [0.2, 0.25) is 0 Å². The van der Waals surface area contributed by atoms with Gasteiger partial charge in [-0.25, -0.2) is 8.78 Å². The number of halogens is 3. The number of hydrogen-bond donors (Lipinski definition) is 0. The van der Waals surface area contributed by atoms with Crippen molar-refractivity contribution < 1.29 is 13.2 Å². The standard InChI is InChI=1S/C14H17F3N2/c15-10-9-11(16)13(18-12(10)17)19-7-5-14(6-8-19)3-1-2-4-14/h9H,1-8H2. The van der Waals surface area contributed by atoms with Crippen LogP contribution in [0.3, 0.4) is 0 Å². The summed E-state index contributed by atoms with van der Waals surface area (Å²) in [5.74, 6) is -3.28. The van der Waals surface area contributed by atoms with Gasteiger partial charge >= 0.3 is 0 Å². The Labute approximate surface area is 110 Å². The van der Waals surface area contributed by atoms with Gasteiger partial charge in [0.05, 0.1) is 0 Å². The van der Waals surface area contributed by atoms with E-state index in [-0.39, 0.29) is 5.82 Å². The third-order valence-corrected chi connectivity index (χ3v) is 4.66. The fraction of sp³-hybridized carbons (Fsp3) is 0.643. The van der Waals surface area contributed by atoms with E-state index >= 15 is 0 Å². The van der Waals surface area contributed by atoms with Crippen LogP contribution in [0.15, 0.2) is 6.07 Å². The largest absolute Gasteiger partial charge is 0.354 e. The molecule has 0 atom stereocenters. The zero-order valence-electron chi connectivity index (χ0n) is 10.8. The zero-order valence-corrected chi connectivity index (χ0v) is 10.8. The highest BCUT2D eigenvalue weighted by molar-refractivity contribution is 5.40. The predicted octanol–water partition coefficient (Wildman–Crippen LogP) is 3.66. The van der Waals surface area contributed by atoms with Crippen molar-refractivity contribution in [1.29, 1.82) is 0 Å². The highest BCUT2D eigenvalue weighted by Crippen LogP contribution is 2.46. The first-order valence-electron chi connectivity index (χ1n) is 6.86. The number of pyridine rings is 1. The van der Waals surface area contributed by atoms with Gasteiger partial charge < -0.3 is 4.90 Å². The van der Waals surface area contributed by atoms with Crippen LogP contribution < -0.4 is 4.90 Å². The molecule has 1 aromatic heterocycles. The van der Waals surface area contributed by atoms with Crippen molar-refractivity contribution in [2.24, 2.45) is 5.41 Å². The smallest absolute Gasteiger partial charge is 0.251 e. The molecule has 2 nitrogen and oxygen atoms in total. The molecule has 2 aliphatic rings. The Morgan fingerprint density at radius 2 is 1.58 bits per heavy atom. The van der Waals surface area contributed by atoms with Gasteiger partial charge in [-0.3, -0.25) is 0 Å². The predicted molar refractivity (Wildman–Crippen MR) is 66.5 cm³/mol. The molecule has 2 fully saturated rings. The van der Waals surface area contributed by atoms with Crippen molar-refractivity contribution in [2.75, 3.05) is 18.0 Å². The lowest BCUT2D eigenvalue weighted by Gasteiger charge is -2.40. The first kappa shape index (κ1) is 12.8. The third kappa shape index (κ3) is 2.30. The van der Waals surface area contributed by atoms with E-state index in [4.69, 9.17) is 0 Å². The summed E-state index contributed by atoms with van der Waals surface area (Å²) in [6.45, 7) is 1.35. The average Bonchev–Trinajstić information content (AvgIpc) is 2.84. The van der Waals surface area contributed by atoms with Crippen LogP contribution in [0.25, 0.3) is 0 Å². The van der Waals surface area contributed by atoms with Crippen molar-refractivity contribution in [3.05, 3.63) is 23.6 Å². The second-order valence-corrected chi connectivity index (χ2v) is 5.76. The van der Waals surface area contributed by atoms with Crippen LogP contribution >= 0.6 is 0 Å². The second kappa shape index (κ2) is 4.69.